The van der Waals surface area contributed by atoms with Gasteiger partial charge in [0.25, 0.3) is 5.91 Å². The maximum atomic E-state index is 13.2. The number of hydrogen-bond acceptors (Lipinski definition) is 3. The van der Waals surface area contributed by atoms with Crippen LogP contribution in [0.5, 0.6) is 0 Å². The van der Waals surface area contributed by atoms with Crippen LogP contribution in [-0.4, -0.2) is 16.2 Å². The van der Waals surface area contributed by atoms with E-state index in [0.717, 1.165) is 33.4 Å². The van der Waals surface area contributed by atoms with Gasteiger partial charge >= 0.3 is 0 Å². The molecule has 5 heteroatoms. The molecule has 0 bridgehead atoms. The summed E-state index contributed by atoms with van der Waals surface area (Å²) in [4.78, 5) is 13.2. The molecule has 5 rings (SSSR count). The number of para-hydroxylation sites is 2. The van der Waals surface area contributed by atoms with E-state index in [1.54, 1.807) is 0 Å². The third kappa shape index (κ3) is 3.52. The van der Waals surface area contributed by atoms with Crippen LogP contribution in [-0.2, 0) is 11.3 Å². The lowest BCUT2D eigenvalue weighted by Gasteiger charge is -2.11. The van der Waals surface area contributed by atoms with Crippen molar-refractivity contribution < 1.29 is 4.79 Å². The van der Waals surface area contributed by atoms with E-state index in [-0.39, 0.29) is 5.91 Å². The van der Waals surface area contributed by atoms with Crippen molar-refractivity contribution in [3.8, 4) is 6.07 Å². The molecule has 1 amide bonds. The number of rotatable bonds is 4. The molecule has 0 saturated carbocycles. The molecule has 1 aliphatic heterocycles. The summed E-state index contributed by atoms with van der Waals surface area (Å²) in [5, 5.41) is 16.6. The van der Waals surface area contributed by atoms with Gasteiger partial charge in [0.05, 0.1) is 28.6 Å². The Morgan fingerprint density at radius 2 is 1.64 bits per heavy atom. The Balaban J connectivity index is 1.61. The Morgan fingerprint density at radius 3 is 2.42 bits per heavy atom. The molecule has 33 heavy (non-hydrogen) atoms. The van der Waals surface area contributed by atoms with Gasteiger partial charge < -0.3 is 4.57 Å². The number of hydrazone groups is 1. The van der Waals surface area contributed by atoms with Crippen molar-refractivity contribution >= 4 is 34.3 Å². The van der Waals surface area contributed by atoms with Crippen LogP contribution < -0.4 is 5.01 Å². The zero-order valence-electron chi connectivity index (χ0n) is 18.5. The molecule has 0 spiro atoms. The SMILES string of the molecule is CC1=NN(c2ccccc2)C(=O)/C1=C/c1c(C)n(Cc2ccccc2C#N)c2ccccc12. The molecule has 160 valence electrons. The Bertz CT molecular complexity index is 1490. The van der Waals surface area contributed by atoms with Crippen LogP contribution in [0.4, 0.5) is 5.69 Å². The smallest absolute Gasteiger partial charge is 0.280 e. The van der Waals surface area contributed by atoms with Gasteiger partial charge in [0.15, 0.2) is 0 Å². The van der Waals surface area contributed by atoms with Crippen molar-refractivity contribution in [3.05, 3.63) is 107 Å². The van der Waals surface area contributed by atoms with Crippen LogP contribution in [0.15, 0.2) is 89.5 Å². The summed E-state index contributed by atoms with van der Waals surface area (Å²) >= 11 is 0. The molecular formula is C28H22N4O. The highest BCUT2D eigenvalue weighted by Crippen LogP contribution is 2.31. The van der Waals surface area contributed by atoms with Crippen molar-refractivity contribution in [1.29, 1.82) is 5.26 Å². The molecule has 1 aromatic heterocycles. The first-order valence-corrected chi connectivity index (χ1v) is 10.8. The average Bonchev–Trinajstić information content (AvgIpc) is 3.28. The van der Waals surface area contributed by atoms with E-state index in [2.05, 4.69) is 34.8 Å². The minimum absolute atomic E-state index is 0.134. The van der Waals surface area contributed by atoms with E-state index < -0.39 is 0 Å². The fourth-order valence-corrected chi connectivity index (χ4v) is 4.35. The highest BCUT2D eigenvalue weighted by molar-refractivity contribution is 6.32. The van der Waals surface area contributed by atoms with E-state index in [1.807, 2.05) is 79.7 Å². The quantitative estimate of drug-likeness (QED) is 0.391. The monoisotopic (exact) mass is 430 g/mol. The van der Waals surface area contributed by atoms with Gasteiger partial charge in [-0.3, -0.25) is 4.79 Å². The summed E-state index contributed by atoms with van der Waals surface area (Å²) in [5.74, 6) is -0.134. The number of carbonyl (C=O) groups excluding carboxylic acids is 1. The first kappa shape index (κ1) is 20.5. The van der Waals surface area contributed by atoms with E-state index >= 15 is 0 Å². The van der Waals surface area contributed by atoms with E-state index in [1.165, 1.54) is 5.01 Å². The Hall–Kier alpha value is -4.43. The summed E-state index contributed by atoms with van der Waals surface area (Å²) in [6.07, 6.45) is 1.95. The third-order valence-corrected chi connectivity index (χ3v) is 6.10. The fourth-order valence-electron chi connectivity index (χ4n) is 4.35. The standard InChI is InChI=1S/C28H22N4O/c1-19-25(28(33)32(30-19)23-12-4-3-5-13-23)16-26-20(2)31(27-15-9-8-14-24(26)27)18-22-11-7-6-10-21(22)17-29/h3-16H,18H2,1-2H3/b25-16+. The summed E-state index contributed by atoms with van der Waals surface area (Å²) in [6.45, 7) is 4.50. The van der Waals surface area contributed by atoms with Crippen LogP contribution in [0.25, 0.3) is 17.0 Å². The van der Waals surface area contributed by atoms with Crippen LogP contribution in [0.2, 0.25) is 0 Å². The Labute approximate surface area is 192 Å². The second-order valence-electron chi connectivity index (χ2n) is 8.07. The molecule has 4 aromatic rings. The topological polar surface area (TPSA) is 61.4 Å². The summed E-state index contributed by atoms with van der Waals surface area (Å²) in [6, 6.07) is 27.6. The number of amides is 1. The summed E-state index contributed by atoms with van der Waals surface area (Å²) in [5.41, 5.74) is 6.75. The van der Waals surface area contributed by atoms with Crippen LogP contribution in [0, 0.1) is 18.3 Å². The number of benzene rings is 3. The summed E-state index contributed by atoms with van der Waals surface area (Å²) < 4.78 is 2.21. The molecule has 3 aromatic carbocycles. The normalized spacial score (nSPS) is 14.7. The van der Waals surface area contributed by atoms with Gasteiger partial charge in [0, 0.05) is 28.7 Å². The predicted octanol–water partition coefficient (Wildman–Crippen LogP) is 5.68. The zero-order valence-corrected chi connectivity index (χ0v) is 18.5. The number of fused-ring (bicyclic) bond motifs is 1. The molecule has 1 aliphatic rings. The maximum Gasteiger partial charge on any atom is 0.280 e. The fraction of sp³-hybridized carbons (Fsp3) is 0.107. The number of aromatic nitrogens is 1. The molecule has 5 nitrogen and oxygen atoms in total. The van der Waals surface area contributed by atoms with Crippen LogP contribution in [0.3, 0.4) is 0 Å². The Kier molecular flexibility index (Phi) is 5.12. The molecule has 0 saturated heterocycles. The largest absolute Gasteiger partial charge is 0.340 e. The molecule has 0 aliphatic carbocycles. The van der Waals surface area contributed by atoms with Gasteiger partial charge in [-0.1, -0.05) is 54.6 Å². The maximum absolute atomic E-state index is 13.2. The van der Waals surface area contributed by atoms with Crippen molar-refractivity contribution in [1.82, 2.24) is 4.57 Å². The third-order valence-electron chi connectivity index (χ3n) is 6.10. The van der Waals surface area contributed by atoms with Gasteiger partial charge in [-0.25, -0.2) is 0 Å². The number of anilines is 1. The first-order valence-electron chi connectivity index (χ1n) is 10.8. The van der Waals surface area contributed by atoms with Crippen molar-refractivity contribution in [3.63, 3.8) is 0 Å². The molecule has 0 radical (unpaired) electrons. The van der Waals surface area contributed by atoms with Crippen LogP contribution in [0.1, 0.15) is 29.3 Å². The van der Waals surface area contributed by atoms with Gasteiger partial charge in [0.1, 0.15) is 0 Å². The molecular weight excluding hydrogens is 408 g/mol. The van der Waals surface area contributed by atoms with Crippen LogP contribution >= 0.6 is 0 Å². The van der Waals surface area contributed by atoms with E-state index in [4.69, 9.17) is 0 Å². The second-order valence-corrected chi connectivity index (χ2v) is 8.07. The number of nitrogens with zero attached hydrogens (tertiary/aromatic N) is 4. The molecule has 0 fully saturated rings. The molecule has 2 heterocycles. The Morgan fingerprint density at radius 1 is 0.939 bits per heavy atom. The van der Waals surface area contributed by atoms with E-state index in [9.17, 15) is 10.1 Å². The average molecular weight is 431 g/mol. The zero-order chi connectivity index (χ0) is 22.9. The number of nitriles is 1. The van der Waals surface area contributed by atoms with Gasteiger partial charge in [-0.15, -0.1) is 0 Å². The predicted molar refractivity (Wildman–Crippen MR) is 132 cm³/mol. The van der Waals surface area contributed by atoms with Crippen molar-refractivity contribution in [2.75, 3.05) is 5.01 Å². The lowest BCUT2D eigenvalue weighted by molar-refractivity contribution is -0.114. The molecule has 0 N–H and O–H groups in total. The lowest BCUT2D eigenvalue weighted by Crippen LogP contribution is -2.21. The van der Waals surface area contributed by atoms with Gasteiger partial charge in [0.2, 0.25) is 0 Å². The second kappa shape index (κ2) is 8.25. The minimum Gasteiger partial charge on any atom is -0.340 e. The molecule has 0 unspecified atom stereocenters. The number of carbonyl (C=O) groups is 1. The molecule has 0 atom stereocenters. The van der Waals surface area contributed by atoms with E-state index in [0.29, 0.717) is 23.4 Å². The van der Waals surface area contributed by atoms with Gasteiger partial charge in [-0.2, -0.15) is 15.4 Å². The van der Waals surface area contributed by atoms with Crippen molar-refractivity contribution in [2.45, 2.75) is 20.4 Å². The highest BCUT2D eigenvalue weighted by atomic mass is 16.2. The minimum atomic E-state index is -0.134. The highest BCUT2D eigenvalue weighted by Gasteiger charge is 2.29. The lowest BCUT2D eigenvalue weighted by atomic mass is 10.0. The van der Waals surface area contributed by atoms with Gasteiger partial charge in [-0.05, 0) is 49.8 Å². The van der Waals surface area contributed by atoms with Crippen molar-refractivity contribution in [2.24, 2.45) is 5.10 Å². The number of hydrogen-bond donors (Lipinski definition) is 0. The summed E-state index contributed by atoms with van der Waals surface area (Å²) in [7, 11) is 0. The first-order chi connectivity index (χ1) is 16.1.